The zero-order chi connectivity index (χ0) is 29.2. The Hall–Kier alpha value is -4.66. The van der Waals surface area contributed by atoms with Crippen molar-refractivity contribution in [3.05, 3.63) is 119 Å². The summed E-state index contributed by atoms with van der Waals surface area (Å²) >= 11 is 7.45. The summed E-state index contributed by atoms with van der Waals surface area (Å²) in [7, 11) is 0. The summed E-state index contributed by atoms with van der Waals surface area (Å²) in [6, 6.07) is 27.5. The van der Waals surface area contributed by atoms with Crippen LogP contribution in [0, 0.1) is 0 Å². The van der Waals surface area contributed by atoms with Gasteiger partial charge < -0.3 is 14.6 Å². The Morgan fingerprint density at radius 1 is 0.929 bits per heavy atom. The molecule has 4 aromatic carbocycles. The van der Waals surface area contributed by atoms with Crippen LogP contribution >= 0.6 is 22.9 Å². The number of hydrogen-bond acceptors (Lipinski definition) is 7. The number of thiazole rings is 1. The molecule has 1 amide bonds. The van der Waals surface area contributed by atoms with Crippen molar-refractivity contribution < 1.29 is 24.2 Å². The molecule has 1 N–H and O–H groups in total. The maximum Gasteiger partial charge on any atom is 0.301 e. The number of amides is 1. The summed E-state index contributed by atoms with van der Waals surface area (Å²) < 4.78 is 12.6. The van der Waals surface area contributed by atoms with Crippen LogP contribution in [-0.2, 0) is 9.59 Å². The van der Waals surface area contributed by atoms with Crippen LogP contribution in [0.25, 0.3) is 16.0 Å². The van der Waals surface area contributed by atoms with Gasteiger partial charge in [0, 0.05) is 10.6 Å². The van der Waals surface area contributed by atoms with E-state index in [4.69, 9.17) is 21.1 Å². The number of carbonyl (C=O) groups is 2. The first-order valence-corrected chi connectivity index (χ1v) is 14.6. The standard InChI is InChI=1S/C33H25ClN2O5S/c1-2-16-40-24-12-7-9-21(18-24)30(37)28-29(20-8-6-13-25(17-20)41-23-10-4-3-5-11-23)36(32(39)31(28)38)33-35-26-15-14-22(34)19-27(26)42-33/h3-15,17-19,29,37H,2,16H2,1H3. The third-order valence-corrected chi connectivity index (χ3v) is 7.98. The fourth-order valence-electron chi connectivity index (χ4n) is 4.82. The minimum Gasteiger partial charge on any atom is -0.507 e. The largest absolute Gasteiger partial charge is 0.507 e. The number of Topliss-reactive ketones (excluding diaryl/α,β-unsaturated/α-hetero) is 1. The van der Waals surface area contributed by atoms with Crippen LogP contribution in [0.4, 0.5) is 5.13 Å². The van der Waals surface area contributed by atoms with E-state index in [0.717, 1.165) is 11.1 Å². The number of halogens is 1. The predicted molar refractivity (Wildman–Crippen MR) is 165 cm³/mol. The molecule has 9 heteroatoms. The van der Waals surface area contributed by atoms with E-state index < -0.39 is 17.7 Å². The highest BCUT2D eigenvalue weighted by Crippen LogP contribution is 2.45. The average molecular weight is 597 g/mol. The monoisotopic (exact) mass is 596 g/mol. The molecule has 2 heterocycles. The zero-order valence-electron chi connectivity index (χ0n) is 22.5. The molecule has 42 heavy (non-hydrogen) atoms. The third kappa shape index (κ3) is 5.34. The summed E-state index contributed by atoms with van der Waals surface area (Å²) in [5.41, 5.74) is 1.52. The lowest BCUT2D eigenvalue weighted by atomic mass is 9.95. The molecule has 0 saturated carbocycles. The van der Waals surface area contributed by atoms with Crippen molar-refractivity contribution >= 4 is 55.7 Å². The van der Waals surface area contributed by atoms with Crippen LogP contribution in [0.5, 0.6) is 17.2 Å². The van der Waals surface area contributed by atoms with E-state index in [1.165, 1.54) is 16.2 Å². The lowest BCUT2D eigenvalue weighted by molar-refractivity contribution is -0.132. The molecule has 5 aromatic rings. The number of ether oxygens (including phenoxy) is 2. The topological polar surface area (TPSA) is 89.0 Å². The Labute approximate surface area is 251 Å². The molecule has 0 spiro atoms. The van der Waals surface area contributed by atoms with Gasteiger partial charge in [-0.3, -0.25) is 14.5 Å². The third-order valence-electron chi connectivity index (χ3n) is 6.72. The molecule has 210 valence electrons. The number of carbonyl (C=O) groups excluding carboxylic acids is 2. The fourth-order valence-corrected chi connectivity index (χ4v) is 6.08. The molecule has 1 atom stereocenters. The van der Waals surface area contributed by atoms with Crippen LogP contribution in [0.15, 0.2) is 103 Å². The van der Waals surface area contributed by atoms with E-state index in [2.05, 4.69) is 4.98 Å². The summed E-state index contributed by atoms with van der Waals surface area (Å²) in [6.07, 6.45) is 0.816. The lowest BCUT2D eigenvalue weighted by Crippen LogP contribution is -2.29. The number of para-hydroxylation sites is 1. The first-order chi connectivity index (χ1) is 20.4. The Bertz CT molecular complexity index is 1840. The molecule has 1 aromatic heterocycles. The number of aliphatic hydroxyl groups excluding tert-OH is 1. The number of aromatic nitrogens is 1. The molecule has 0 bridgehead atoms. The van der Waals surface area contributed by atoms with Gasteiger partial charge in [0.25, 0.3) is 5.78 Å². The van der Waals surface area contributed by atoms with Crippen LogP contribution in [-0.4, -0.2) is 28.4 Å². The SMILES string of the molecule is CCCOc1cccc(C(O)=C2C(=O)C(=O)N(c3nc4ccc(Cl)cc4s3)C2c2cccc(Oc3ccccc3)c2)c1. The van der Waals surface area contributed by atoms with Gasteiger partial charge >= 0.3 is 5.91 Å². The number of rotatable bonds is 8. The van der Waals surface area contributed by atoms with E-state index in [1.54, 1.807) is 66.7 Å². The van der Waals surface area contributed by atoms with E-state index in [1.807, 2.05) is 37.3 Å². The highest BCUT2D eigenvalue weighted by Gasteiger charge is 2.48. The number of fused-ring (bicyclic) bond motifs is 1. The number of benzene rings is 4. The summed E-state index contributed by atoms with van der Waals surface area (Å²) in [4.78, 5) is 33.4. The maximum absolute atomic E-state index is 13.7. The quantitative estimate of drug-likeness (QED) is 0.110. The van der Waals surface area contributed by atoms with Crippen LogP contribution in [0.1, 0.15) is 30.5 Å². The van der Waals surface area contributed by atoms with Gasteiger partial charge in [0.05, 0.1) is 28.4 Å². The van der Waals surface area contributed by atoms with Gasteiger partial charge in [-0.05, 0) is 66.6 Å². The fraction of sp³-hybridized carbons (Fsp3) is 0.121. The van der Waals surface area contributed by atoms with Gasteiger partial charge in [-0.2, -0.15) is 0 Å². The van der Waals surface area contributed by atoms with Gasteiger partial charge in [0.15, 0.2) is 5.13 Å². The number of aliphatic hydroxyl groups is 1. The van der Waals surface area contributed by atoms with Gasteiger partial charge in [0.2, 0.25) is 0 Å². The van der Waals surface area contributed by atoms with Crippen molar-refractivity contribution in [3.8, 4) is 17.2 Å². The van der Waals surface area contributed by atoms with Crippen LogP contribution < -0.4 is 14.4 Å². The molecule has 0 radical (unpaired) electrons. The van der Waals surface area contributed by atoms with Crippen molar-refractivity contribution in [2.75, 3.05) is 11.5 Å². The van der Waals surface area contributed by atoms with Crippen molar-refractivity contribution in [3.63, 3.8) is 0 Å². The molecule has 7 nitrogen and oxygen atoms in total. The first kappa shape index (κ1) is 27.5. The van der Waals surface area contributed by atoms with E-state index in [9.17, 15) is 14.7 Å². The number of anilines is 1. The smallest absolute Gasteiger partial charge is 0.301 e. The van der Waals surface area contributed by atoms with Gasteiger partial charge in [0.1, 0.15) is 23.0 Å². The number of hydrogen-bond donors (Lipinski definition) is 1. The highest BCUT2D eigenvalue weighted by molar-refractivity contribution is 7.22. The van der Waals surface area contributed by atoms with Crippen molar-refractivity contribution in [1.29, 1.82) is 0 Å². The van der Waals surface area contributed by atoms with Gasteiger partial charge in [-0.1, -0.05) is 72.3 Å². The molecule has 1 saturated heterocycles. The molecular weight excluding hydrogens is 572 g/mol. The molecule has 1 fully saturated rings. The van der Waals surface area contributed by atoms with Crippen molar-refractivity contribution in [1.82, 2.24) is 4.98 Å². The van der Waals surface area contributed by atoms with E-state index in [0.29, 0.717) is 50.7 Å². The molecule has 1 aliphatic rings. The minimum absolute atomic E-state index is 0.0539. The first-order valence-electron chi connectivity index (χ1n) is 13.4. The second kappa shape index (κ2) is 11.7. The van der Waals surface area contributed by atoms with Crippen molar-refractivity contribution in [2.24, 2.45) is 0 Å². The Morgan fingerprint density at radius 3 is 2.50 bits per heavy atom. The van der Waals surface area contributed by atoms with Crippen LogP contribution in [0.2, 0.25) is 5.02 Å². The second-order valence-corrected chi connectivity index (χ2v) is 11.1. The Balaban J connectivity index is 1.50. The predicted octanol–water partition coefficient (Wildman–Crippen LogP) is 8.16. The maximum atomic E-state index is 13.7. The molecule has 1 aliphatic heterocycles. The summed E-state index contributed by atoms with van der Waals surface area (Å²) in [5, 5.41) is 12.4. The van der Waals surface area contributed by atoms with E-state index in [-0.39, 0.29) is 11.3 Å². The number of ketones is 1. The highest BCUT2D eigenvalue weighted by atomic mass is 35.5. The van der Waals surface area contributed by atoms with Gasteiger partial charge in [-0.15, -0.1) is 0 Å². The summed E-state index contributed by atoms with van der Waals surface area (Å²) in [6.45, 7) is 2.50. The number of nitrogens with zero attached hydrogens (tertiary/aromatic N) is 2. The lowest BCUT2D eigenvalue weighted by Gasteiger charge is -2.23. The Kier molecular flexibility index (Phi) is 7.65. The van der Waals surface area contributed by atoms with E-state index >= 15 is 0 Å². The summed E-state index contributed by atoms with van der Waals surface area (Å²) in [5.74, 6) is -0.219. The second-order valence-electron chi connectivity index (χ2n) is 9.64. The Morgan fingerprint density at radius 2 is 1.69 bits per heavy atom. The minimum atomic E-state index is -0.972. The molecule has 1 unspecified atom stereocenters. The zero-order valence-corrected chi connectivity index (χ0v) is 24.1. The van der Waals surface area contributed by atoms with Crippen molar-refractivity contribution in [2.45, 2.75) is 19.4 Å². The van der Waals surface area contributed by atoms with Crippen LogP contribution in [0.3, 0.4) is 0 Å². The van der Waals surface area contributed by atoms with Gasteiger partial charge in [-0.25, -0.2) is 4.98 Å². The molecule has 0 aliphatic carbocycles. The normalized spacial score (nSPS) is 16.2. The molecule has 6 rings (SSSR count). The molecular formula is C33H25ClN2O5S. The average Bonchev–Trinajstić information content (AvgIpc) is 3.53.